The van der Waals surface area contributed by atoms with Crippen LogP contribution in [0.1, 0.15) is 34.3 Å². The number of benzene rings is 2. The van der Waals surface area contributed by atoms with Crippen molar-refractivity contribution in [3.8, 4) is 0 Å². The van der Waals surface area contributed by atoms with E-state index in [2.05, 4.69) is 9.89 Å². The fourth-order valence-corrected chi connectivity index (χ4v) is 2.84. The molecule has 0 bridgehead atoms. The van der Waals surface area contributed by atoms with Gasteiger partial charge < -0.3 is 10.0 Å². The van der Waals surface area contributed by atoms with E-state index in [1.54, 1.807) is 24.4 Å². The number of carboxylic acid groups (broad SMARTS) is 1. The monoisotopic (exact) mass is 326 g/mol. The predicted molar refractivity (Wildman–Crippen MR) is 93.2 cm³/mol. The lowest BCUT2D eigenvalue weighted by molar-refractivity contribution is 0.0697. The molecule has 0 saturated carbocycles. The summed E-state index contributed by atoms with van der Waals surface area (Å²) in [6, 6.07) is 9.85. The summed E-state index contributed by atoms with van der Waals surface area (Å²) in [5, 5.41) is 9.05. The summed E-state index contributed by atoms with van der Waals surface area (Å²) in [7, 11) is 0. The molecule has 0 unspecified atom stereocenters. The van der Waals surface area contributed by atoms with Crippen LogP contribution in [0.15, 0.2) is 41.4 Å². The predicted octanol–water partition coefficient (Wildman–Crippen LogP) is 4.18. The Bertz CT molecular complexity index is 796. The summed E-state index contributed by atoms with van der Waals surface area (Å²) in [6.07, 6.45) is 3.76. The van der Waals surface area contributed by atoms with E-state index < -0.39 is 5.97 Å². The summed E-state index contributed by atoms with van der Waals surface area (Å²) in [5.74, 6) is -1.25. The van der Waals surface area contributed by atoms with Crippen LogP contribution in [-0.2, 0) is 0 Å². The summed E-state index contributed by atoms with van der Waals surface area (Å²) < 4.78 is 14.3. The highest BCUT2D eigenvalue weighted by Gasteiger charge is 2.15. The van der Waals surface area contributed by atoms with Gasteiger partial charge >= 0.3 is 5.97 Å². The second kappa shape index (κ2) is 6.83. The molecule has 3 rings (SSSR count). The molecule has 4 nitrogen and oxygen atoms in total. The fraction of sp³-hybridized carbons (Fsp3) is 0.263. The molecule has 0 amide bonds. The molecule has 1 saturated heterocycles. The largest absolute Gasteiger partial charge is 0.478 e. The zero-order valence-corrected chi connectivity index (χ0v) is 13.5. The van der Waals surface area contributed by atoms with Gasteiger partial charge in [0.05, 0.1) is 16.9 Å². The number of carboxylic acids is 1. The number of carbonyl (C=O) groups is 1. The van der Waals surface area contributed by atoms with E-state index in [4.69, 9.17) is 5.11 Å². The lowest BCUT2D eigenvalue weighted by Gasteiger charge is -2.18. The maximum atomic E-state index is 14.3. The number of aliphatic imine (C=N–C) groups is 1. The third kappa shape index (κ3) is 3.45. The maximum Gasteiger partial charge on any atom is 0.335 e. The van der Waals surface area contributed by atoms with Crippen LogP contribution < -0.4 is 4.90 Å². The second-order valence-electron chi connectivity index (χ2n) is 5.97. The molecule has 0 spiro atoms. The highest BCUT2D eigenvalue weighted by molar-refractivity contribution is 5.90. The molecule has 1 aliphatic rings. The normalized spacial score (nSPS) is 14.5. The Morgan fingerprint density at radius 1 is 1.21 bits per heavy atom. The van der Waals surface area contributed by atoms with E-state index in [-0.39, 0.29) is 11.4 Å². The molecule has 1 heterocycles. The molecule has 2 aromatic carbocycles. The van der Waals surface area contributed by atoms with E-state index in [1.807, 2.05) is 13.0 Å². The molecule has 1 fully saturated rings. The average Bonchev–Trinajstić information content (AvgIpc) is 3.08. The highest BCUT2D eigenvalue weighted by atomic mass is 19.1. The van der Waals surface area contributed by atoms with Crippen molar-refractivity contribution >= 4 is 23.6 Å². The molecule has 0 atom stereocenters. The number of rotatable bonds is 4. The summed E-state index contributed by atoms with van der Waals surface area (Å²) in [6.45, 7) is 3.65. The molecule has 124 valence electrons. The minimum atomic E-state index is -0.993. The van der Waals surface area contributed by atoms with Crippen LogP contribution in [0, 0.1) is 12.7 Å². The van der Waals surface area contributed by atoms with Gasteiger partial charge in [0.1, 0.15) is 5.82 Å². The molecular weight excluding hydrogens is 307 g/mol. The Hall–Kier alpha value is -2.69. The first-order chi connectivity index (χ1) is 11.5. The molecule has 2 aromatic rings. The Morgan fingerprint density at radius 3 is 2.62 bits per heavy atom. The molecule has 1 N–H and O–H groups in total. The van der Waals surface area contributed by atoms with Crippen molar-refractivity contribution in [2.45, 2.75) is 19.8 Å². The quantitative estimate of drug-likeness (QED) is 0.857. The van der Waals surface area contributed by atoms with Crippen LogP contribution in [0.4, 0.5) is 15.8 Å². The zero-order chi connectivity index (χ0) is 17.1. The highest BCUT2D eigenvalue weighted by Crippen LogP contribution is 2.25. The van der Waals surface area contributed by atoms with Crippen molar-refractivity contribution in [2.75, 3.05) is 18.0 Å². The lowest BCUT2D eigenvalue weighted by Crippen LogP contribution is -2.18. The Morgan fingerprint density at radius 2 is 1.96 bits per heavy atom. The number of anilines is 1. The Balaban J connectivity index is 1.83. The third-order valence-electron chi connectivity index (χ3n) is 4.23. The van der Waals surface area contributed by atoms with Crippen LogP contribution in [0.3, 0.4) is 0 Å². The number of hydrogen-bond donors (Lipinski definition) is 1. The van der Waals surface area contributed by atoms with E-state index in [1.165, 1.54) is 12.1 Å². The van der Waals surface area contributed by atoms with Crippen LogP contribution in [0.2, 0.25) is 0 Å². The van der Waals surface area contributed by atoms with E-state index in [0.29, 0.717) is 16.9 Å². The van der Waals surface area contributed by atoms with E-state index >= 15 is 0 Å². The second-order valence-corrected chi connectivity index (χ2v) is 5.97. The van der Waals surface area contributed by atoms with Gasteiger partial charge in [0.25, 0.3) is 0 Å². The Kier molecular flexibility index (Phi) is 4.60. The number of halogens is 1. The lowest BCUT2D eigenvalue weighted by atomic mass is 10.1. The number of nitrogens with zero attached hydrogens (tertiary/aromatic N) is 2. The van der Waals surface area contributed by atoms with Crippen LogP contribution in [-0.4, -0.2) is 30.4 Å². The van der Waals surface area contributed by atoms with Gasteiger partial charge in [-0.15, -0.1) is 0 Å². The maximum absolute atomic E-state index is 14.3. The molecular formula is C19H19FN2O2. The topological polar surface area (TPSA) is 52.9 Å². The SMILES string of the molecule is Cc1ccc(C(=O)O)cc1N=Cc1ccc(N2CCCC2)c(F)c1. The van der Waals surface area contributed by atoms with Gasteiger partial charge in [-0.3, -0.25) is 4.99 Å². The van der Waals surface area contributed by atoms with Crippen molar-refractivity contribution in [1.29, 1.82) is 0 Å². The molecule has 1 aliphatic heterocycles. The number of aromatic carboxylic acids is 1. The van der Waals surface area contributed by atoms with E-state index in [0.717, 1.165) is 31.5 Å². The van der Waals surface area contributed by atoms with Crippen molar-refractivity contribution in [3.63, 3.8) is 0 Å². The van der Waals surface area contributed by atoms with Gasteiger partial charge in [-0.2, -0.15) is 0 Å². The minimum absolute atomic E-state index is 0.184. The van der Waals surface area contributed by atoms with Gasteiger partial charge in [0.15, 0.2) is 0 Å². The summed E-state index contributed by atoms with van der Waals surface area (Å²) in [5.41, 5.74) is 2.90. The third-order valence-corrected chi connectivity index (χ3v) is 4.23. The van der Waals surface area contributed by atoms with Crippen LogP contribution in [0.25, 0.3) is 0 Å². The summed E-state index contributed by atoms with van der Waals surface area (Å²) >= 11 is 0. The van der Waals surface area contributed by atoms with Gasteiger partial charge in [-0.25, -0.2) is 9.18 Å². The smallest absolute Gasteiger partial charge is 0.335 e. The van der Waals surface area contributed by atoms with Crippen molar-refractivity contribution in [3.05, 3.63) is 58.9 Å². The first kappa shape index (κ1) is 16.2. The molecule has 5 heteroatoms. The Labute approximate surface area is 140 Å². The average molecular weight is 326 g/mol. The number of aryl methyl sites for hydroxylation is 1. The van der Waals surface area contributed by atoms with Gasteiger partial charge in [-0.1, -0.05) is 12.1 Å². The van der Waals surface area contributed by atoms with Crippen LogP contribution in [0.5, 0.6) is 0 Å². The molecule has 0 aliphatic carbocycles. The van der Waals surface area contributed by atoms with Crippen molar-refractivity contribution < 1.29 is 14.3 Å². The van der Waals surface area contributed by atoms with Gasteiger partial charge in [0, 0.05) is 19.3 Å². The first-order valence-electron chi connectivity index (χ1n) is 7.97. The fourth-order valence-electron chi connectivity index (χ4n) is 2.84. The van der Waals surface area contributed by atoms with Crippen LogP contribution >= 0.6 is 0 Å². The summed E-state index contributed by atoms with van der Waals surface area (Å²) in [4.78, 5) is 17.4. The van der Waals surface area contributed by atoms with Gasteiger partial charge in [0.2, 0.25) is 0 Å². The van der Waals surface area contributed by atoms with Gasteiger partial charge in [-0.05, 0) is 55.2 Å². The molecule has 24 heavy (non-hydrogen) atoms. The zero-order valence-electron chi connectivity index (χ0n) is 13.5. The molecule has 0 radical (unpaired) electrons. The van der Waals surface area contributed by atoms with Crippen molar-refractivity contribution in [1.82, 2.24) is 0 Å². The standard InChI is InChI=1S/C19H19FN2O2/c1-13-4-6-15(19(23)24)11-17(13)21-12-14-5-7-18(16(20)10-14)22-8-2-3-9-22/h4-7,10-12H,2-3,8-9H2,1H3,(H,23,24). The van der Waals surface area contributed by atoms with E-state index in [9.17, 15) is 9.18 Å². The molecule has 0 aromatic heterocycles. The first-order valence-corrected chi connectivity index (χ1v) is 7.97. The van der Waals surface area contributed by atoms with Crippen molar-refractivity contribution in [2.24, 2.45) is 4.99 Å². The minimum Gasteiger partial charge on any atom is -0.478 e. The number of hydrogen-bond acceptors (Lipinski definition) is 3.